The summed E-state index contributed by atoms with van der Waals surface area (Å²) >= 11 is 9.42. The zero-order valence-corrected chi connectivity index (χ0v) is 15.6. The number of phenolic OH excluding ortho intramolecular Hbond substituents is 1. The van der Waals surface area contributed by atoms with E-state index in [1.165, 1.54) is 0 Å². The van der Waals surface area contributed by atoms with Crippen molar-refractivity contribution in [3.63, 3.8) is 0 Å². The fraction of sp³-hybridized carbons (Fsp3) is 0.211. The first-order chi connectivity index (χ1) is 12.0. The van der Waals surface area contributed by atoms with Crippen LogP contribution in [0, 0.1) is 0 Å². The zero-order valence-electron chi connectivity index (χ0n) is 13.3. The third kappa shape index (κ3) is 3.26. The van der Waals surface area contributed by atoms with E-state index in [-0.39, 0.29) is 17.6 Å². The van der Waals surface area contributed by atoms with Crippen LogP contribution in [0.15, 0.2) is 46.9 Å². The van der Waals surface area contributed by atoms with E-state index in [0.29, 0.717) is 23.8 Å². The van der Waals surface area contributed by atoms with E-state index in [4.69, 9.17) is 11.6 Å². The second kappa shape index (κ2) is 6.39. The zero-order chi connectivity index (χ0) is 17.6. The fourth-order valence-electron chi connectivity index (χ4n) is 3.43. The molecule has 1 aliphatic rings. The van der Waals surface area contributed by atoms with Gasteiger partial charge in [-0.1, -0.05) is 33.6 Å². The Balaban J connectivity index is 1.55. The Kier molecular flexibility index (Phi) is 4.21. The van der Waals surface area contributed by atoms with Gasteiger partial charge in [-0.25, -0.2) is 0 Å². The first kappa shape index (κ1) is 16.5. The molecule has 1 aliphatic heterocycles. The Morgan fingerprint density at radius 1 is 1.24 bits per heavy atom. The lowest BCUT2D eigenvalue weighted by Gasteiger charge is -2.16. The minimum Gasteiger partial charge on any atom is -0.508 e. The van der Waals surface area contributed by atoms with Gasteiger partial charge in [0.15, 0.2) is 0 Å². The summed E-state index contributed by atoms with van der Waals surface area (Å²) in [6, 6.07) is 12.9. The number of hydrogen-bond acceptors (Lipinski definition) is 2. The summed E-state index contributed by atoms with van der Waals surface area (Å²) in [5, 5.41) is 11.4. The molecule has 0 aliphatic carbocycles. The van der Waals surface area contributed by atoms with Crippen molar-refractivity contribution in [2.75, 3.05) is 13.1 Å². The van der Waals surface area contributed by atoms with Crippen molar-refractivity contribution in [1.29, 1.82) is 0 Å². The number of amides is 1. The van der Waals surface area contributed by atoms with Crippen LogP contribution in [0.5, 0.6) is 5.75 Å². The van der Waals surface area contributed by atoms with Crippen molar-refractivity contribution < 1.29 is 9.90 Å². The lowest BCUT2D eigenvalue weighted by molar-refractivity contribution is 0.0786. The van der Waals surface area contributed by atoms with E-state index in [2.05, 4.69) is 20.9 Å². The minimum absolute atomic E-state index is 0.00552. The highest BCUT2D eigenvalue weighted by Crippen LogP contribution is 2.32. The Hall–Kier alpha value is -1.98. The van der Waals surface area contributed by atoms with Crippen molar-refractivity contribution in [2.45, 2.75) is 12.3 Å². The highest BCUT2D eigenvalue weighted by Gasteiger charge is 2.29. The highest BCUT2D eigenvalue weighted by atomic mass is 79.9. The topological polar surface area (TPSA) is 56.3 Å². The second-order valence-electron chi connectivity index (χ2n) is 6.39. The van der Waals surface area contributed by atoms with Gasteiger partial charge in [0.1, 0.15) is 11.4 Å². The summed E-state index contributed by atoms with van der Waals surface area (Å²) in [6.45, 7) is 1.34. The number of rotatable bonds is 2. The predicted octanol–water partition coefficient (Wildman–Crippen LogP) is 4.92. The molecule has 1 amide bonds. The minimum atomic E-state index is -0.00552. The molecular weight excluding hydrogens is 404 g/mol. The Labute approximate surface area is 158 Å². The molecule has 1 fully saturated rings. The van der Waals surface area contributed by atoms with Crippen LogP contribution >= 0.6 is 27.5 Å². The standard InChI is InChI=1S/C19H16BrClN2O2/c20-14-5-13(6-16(24)8-14)12-3-4-23(10-12)19(25)18-7-11-1-2-15(21)9-17(11)22-18/h1-2,5-9,12,22,24H,3-4,10H2. The maximum atomic E-state index is 12.8. The summed E-state index contributed by atoms with van der Waals surface area (Å²) in [5.41, 5.74) is 2.49. The molecule has 25 heavy (non-hydrogen) atoms. The van der Waals surface area contributed by atoms with Gasteiger partial charge in [-0.2, -0.15) is 0 Å². The fourth-order valence-corrected chi connectivity index (χ4v) is 4.10. The smallest absolute Gasteiger partial charge is 0.270 e. The van der Waals surface area contributed by atoms with E-state index in [1.54, 1.807) is 12.1 Å². The normalized spacial score (nSPS) is 17.4. The number of aromatic hydroxyl groups is 1. The van der Waals surface area contributed by atoms with Crippen molar-refractivity contribution in [3.05, 3.63) is 63.2 Å². The molecule has 1 aromatic heterocycles. The first-order valence-electron chi connectivity index (χ1n) is 8.06. The number of H-pyrrole nitrogens is 1. The molecule has 4 nitrogen and oxygen atoms in total. The number of benzene rings is 2. The number of nitrogens with one attached hydrogen (secondary N) is 1. The Morgan fingerprint density at radius 2 is 2.08 bits per heavy atom. The van der Waals surface area contributed by atoms with Crippen LogP contribution in [0.3, 0.4) is 0 Å². The Morgan fingerprint density at radius 3 is 2.88 bits per heavy atom. The predicted molar refractivity (Wildman–Crippen MR) is 102 cm³/mol. The van der Waals surface area contributed by atoms with Gasteiger partial charge >= 0.3 is 0 Å². The average molecular weight is 420 g/mol. The van der Waals surface area contributed by atoms with Gasteiger partial charge in [-0.15, -0.1) is 0 Å². The van der Waals surface area contributed by atoms with Gasteiger partial charge in [-0.3, -0.25) is 4.79 Å². The van der Waals surface area contributed by atoms with E-state index >= 15 is 0 Å². The van der Waals surface area contributed by atoms with Gasteiger partial charge < -0.3 is 15.0 Å². The van der Waals surface area contributed by atoms with Crippen molar-refractivity contribution >= 4 is 44.3 Å². The number of hydrogen-bond donors (Lipinski definition) is 2. The molecule has 1 atom stereocenters. The Bertz CT molecular complexity index is 949. The van der Waals surface area contributed by atoms with E-state index in [9.17, 15) is 9.90 Å². The number of fused-ring (bicyclic) bond motifs is 1. The number of carbonyl (C=O) groups excluding carboxylic acids is 1. The summed E-state index contributed by atoms with van der Waals surface area (Å²) in [6.07, 6.45) is 0.883. The third-order valence-electron chi connectivity index (χ3n) is 4.67. The molecule has 2 aromatic carbocycles. The molecule has 0 saturated carbocycles. The molecule has 128 valence electrons. The average Bonchev–Trinajstić information content (AvgIpc) is 3.20. The van der Waals surface area contributed by atoms with Gasteiger partial charge in [0, 0.05) is 39.4 Å². The van der Waals surface area contributed by atoms with Crippen LogP contribution in [0.1, 0.15) is 28.4 Å². The van der Waals surface area contributed by atoms with Gasteiger partial charge in [0.05, 0.1) is 0 Å². The number of aromatic amines is 1. The largest absolute Gasteiger partial charge is 0.508 e. The van der Waals surface area contributed by atoms with Crippen LogP contribution in [0.4, 0.5) is 0 Å². The van der Waals surface area contributed by atoms with Gasteiger partial charge in [0.25, 0.3) is 5.91 Å². The monoisotopic (exact) mass is 418 g/mol. The van der Waals surface area contributed by atoms with E-state index in [1.807, 2.05) is 35.2 Å². The molecule has 3 aromatic rings. The lowest BCUT2D eigenvalue weighted by Crippen LogP contribution is -2.28. The summed E-state index contributed by atoms with van der Waals surface area (Å²) < 4.78 is 0.847. The number of carbonyl (C=O) groups is 1. The molecule has 4 rings (SSSR count). The molecule has 0 radical (unpaired) electrons. The molecule has 1 saturated heterocycles. The number of phenols is 1. The molecule has 0 bridgehead atoms. The van der Waals surface area contributed by atoms with Crippen LogP contribution in [-0.2, 0) is 0 Å². The summed E-state index contributed by atoms with van der Waals surface area (Å²) in [4.78, 5) is 17.8. The first-order valence-corrected chi connectivity index (χ1v) is 9.24. The number of aromatic nitrogens is 1. The maximum Gasteiger partial charge on any atom is 0.270 e. The highest BCUT2D eigenvalue weighted by molar-refractivity contribution is 9.10. The quantitative estimate of drug-likeness (QED) is 0.619. The third-order valence-corrected chi connectivity index (χ3v) is 5.36. The molecule has 2 heterocycles. The number of likely N-dealkylation sites (tertiary alicyclic amines) is 1. The molecule has 1 unspecified atom stereocenters. The number of nitrogens with zero attached hydrogens (tertiary/aromatic N) is 1. The van der Waals surface area contributed by atoms with Gasteiger partial charge in [-0.05, 0) is 48.4 Å². The molecule has 6 heteroatoms. The van der Waals surface area contributed by atoms with Crippen molar-refractivity contribution in [2.24, 2.45) is 0 Å². The van der Waals surface area contributed by atoms with E-state index in [0.717, 1.165) is 27.4 Å². The SMILES string of the molecule is O=C(c1cc2ccc(Cl)cc2[nH]1)N1CCC(c2cc(O)cc(Br)c2)C1. The van der Waals surface area contributed by atoms with E-state index < -0.39 is 0 Å². The summed E-state index contributed by atoms with van der Waals surface area (Å²) in [5.74, 6) is 0.460. The molecule has 0 spiro atoms. The van der Waals surface area contributed by atoms with Crippen LogP contribution < -0.4 is 0 Å². The van der Waals surface area contributed by atoms with Crippen LogP contribution in [-0.4, -0.2) is 34.0 Å². The van der Waals surface area contributed by atoms with Crippen molar-refractivity contribution in [3.8, 4) is 5.75 Å². The molecule has 2 N–H and O–H groups in total. The lowest BCUT2D eigenvalue weighted by atomic mass is 9.98. The molecular formula is C19H16BrClN2O2. The van der Waals surface area contributed by atoms with Crippen LogP contribution in [0.25, 0.3) is 10.9 Å². The maximum absolute atomic E-state index is 12.8. The van der Waals surface area contributed by atoms with Crippen molar-refractivity contribution in [1.82, 2.24) is 9.88 Å². The van der Waals surface area contributed by atoms with Crippen LogP contribution in [0.2, 0.25) is 5.02 Å². The summed E-state index contributed by atoms with van der Waals surface area (Å²) in [7, 11) is 0. The number of halogens is 2. The second-order valence-corrected chi connectivity index (χ2v) is 7.75. The van der Waals surface area contributed by atoms with Gasteiger partial charge in [0.2, 0.25) is 0 Å².